The number of ether oxygens (including phenoxy) is 2. The molecule has 2 rings (SSSR count). The number of nitrogens with zero attached hydrogens (tertiary/aromatic N) is 4. The van der Waals surface area contributed by atoms with Crippen LogP contribution in [0.2, 0.25) is 0 Å². The predicted molar refractivity (Wildman–Crippen MR) is 166 cm³/mol. The van der Waals surface area contributed by atoms with Crippen LogP contribution in [-0.4, -0.2) is 169 Å². The molecule has 1 fully saturated rings. The molecule has 1 unspecified atom stereocenters. The van der Waals surface area contributed by atoms with Crippen molar-refractivity contribution in [2.45, 2.75) is 18.9 Å². The van der Waals surface area contributed by atoms with Gasteiger partial charge in [0.05, 0.1) is 33.3 Å². The second-order valence-corrected chi connectivity index (χ2v) is 10.8. The molecule has 0 spiro atoms. The van der Waals surface area contributed by atoms with Crippen LogP contribution in [0.3, 0.4) is 0 Å². The normalized spacial score (nSPS) is 16.3. The number of aliphatic carboxylic acids is 3. The van der Waals surface area contributed by atoms with Crippen LogP contribution < -0.4 is 5.32 Å². The highest BCUT2D eigenvalue weighted by Gasteiger charge is 2.24. The van der Waals surface area contributed by atoms with Crippen LogP contribution in [0.1, 0.15) is 23.2 Å². The van der Waals surface area contributed by atoms with Gasteiger partial charge in [-0.2, -0.15) is 0 Å². The molecule has 1 amide bonds. The molecule has 0 bridgehead atoms. The van der Waals surface area contributed by atoms with E-state index in [0.29, 0.717) is 57.9 Å². The van der Waals surface area contributed by atoms with Gasteiger partial charge in [-0.05, 0) is 18.6 Å². The first-order valence-corrected chi connectivity index (χ1v) is 15.1. The number of benzene rings is 1. The van der Waals surface area contributed by atoms with Crippen molar-refractivity contribution in [3.63, 3.8) is 0 Å². The Labute approximate surface area is 273 Å². The van der Waals surface area contributed by atoms with Gasteiger partial charge in [0.25, 0.3) is 5.91 Å². The average Bonchev–Trinajstić information content (AvgIpc) is 3.02. The summed E-state index contributed by atoms with van der Waals surface area (Å²) >= 11 is 0. The van der Waals surface area contributed by atoms with Gasteiger partial charge in [0.2, 0.25) is 0 Å². The minimum absolute atomic E-state index is 0.0426. The fourth-order valence-electron chi connectivity index (χ4n) is 4.68. The van der Waals surface area contributed by atoms with E-state index in [9.17, 15) is 44.1 Å². The quantitative estimate of drug-likeness (QED) is 0.136. The Morgan fingerprint density at radius 2 is 1.21 bits per heavy atom. The van der Waals surface area contributed by atoms with Gasteiger partial charge in [-0.15, -0.1) is 0 Å². The number of nitrogens with one attached hydrogen (secondary N) is 1. The van der Waals surface area contributed by atoms with Gasteiger partial charge in [-0.25, -0.2) is 4.79 Å². The lowest BCUT2D eigenvalue weighted by atomic mass is 10.1. The molecule has 47 heavy (non-hydrogen) atoms. The van der Waals surface area contributed by atoms with Crippen LogP contribution in [0.25, 0.3) is 0 Å². The predicted octanol–water partition coefficient (Wildman–Crippen LogP) is -1.24. The number of esters is 2. The molecule has 1 aliphatic heterocycles. The molecule has 0 radical (unpaired) electrons. The molecule has 16 heteroatoms. The standard InChI is InChI=1S/C31H43N5O11/c1-46-31(45)25(32-30(44)24-7-3-2-4-8-24)9-10-29(43)47-20-6-5-11-33-12-14-34(21-26(37)38)16-18-36(23-28(41)42)19-17-35(15-13-33)22-27(39)40/h2-4,7-8,25H,9-23H2,1H3,(H,32,44)(H,37,38)(H,39,40)(H,41,42). The smallest absolute Gasteiger partial charge is 0.328 e. The summed E-state index contributed by atoms with van der Waals surface area (Å²) in [5.74, 6) is 0.816. The number of carboxylic acids is 3. The minimum Gasteiger partial charge on any atom is -0.480 e. The van der Waals surface area contributed by atoms with Gasteiger partial charge in [0.15, 0.2) is 6.61 Å². The molecular weight excluding hydrogens is 618 g/mol. The molecule has 258 valence electrons. The van der Waals surface area contributed by atoms with Crippen molar-refractivity contribution in [3.8, 4) is 11.8 Å². The molecular formula is C31H43N5O11. The first kappa shape index (κ1) is 38.6. The summed E-state index contributed by atoms with van der Waals surface area (Å²) < 4.78 is 9.91. The molecule has 0 aromatic heterocycles. The highest BCUT2D eigenvalue weighted by atomic mass is 16.5. The lowest BCUT2D eigenvalue weighted by Crippen LogP contribution is -2.48. The number of methoxy groups -OCH3 is 1. The fraction of sp³-hybridized carbons (Fsp3) is 0.548. The summed E-state index contributed by atoms with van der Waals surface area (Å²) in [7, 11) is 1.18. The average molecular weight is 662 g/mol. The van der Waals surface area contributed by atoms with Crippen molar-refractivity contribution in [1.82, 2.24) is 24.9 Å². The first-order valence-electron chi connectivity index (χ1n) is 15.1. The molecule has 1 aliphatic rings. The van der Waals surface area contributed by atoms with E-state index >= 15 is 0 Å². The maximum Gasteiger partial charge on any atom is 0.328 e. The first-order chi connectivity index (χ1) is 22.5. The molecule has 16 nitrogen and oxygen atoms in total. The Balaban J connectivity index is 1.94. The van der Waals surface area contributed by atoms with Crippen LogP contribution in [0.15, 0.2) is 30.3 Å². The Kier molecular flexibility index (Phi) is 17.5. The summed E-state index contributed by atoms with van der Waals surface area (Å²) in [6, 6.07) is 7.23. The van der Waals surface area contributed by atoms with Crippen molar-refractivity contribution in [2.24, 2.45) is 0 Å². The van der Waals surface area contributed by atoms with Crippen LogP contribution in [0, 0.1) is 11.8 Å². The van der Waals surface area contributed by atoms with E-state index in [2.05, 4.69) is 17.2 Å². The van der Waals surface area contributed by atoms with Crippen LogP contribution in [0.4, 0.5) is 0 Å². The summed E-state index contributed by atoms with van der Waals surface area (Å²) in [6.45, 7) is 2.04. The summed E-state index contributed by atoms with van der Waals surface area (Å²) in [6.07, 6.45) is -0.218. The van der Waals surface area contributed by atoms with Crippen molar-refractivity contribution in [3.05, 3.63) is 35.9 Å². The zero-order valence-electron chi connectivity index (χ0n) is 26.5. The number of hydrogen-bond acceptors (Lipinski definition) is 12. The maximum absolute atomic E-state index is 12.4. The van der Waals surface area contributed by atoms with E-state index in [1.54, 1.807) is 45.0 Å². The van der Waals surface area contributed by atoms with Crippen molar-refractivity contribution in [2.75, 3.05) is 92.3 Å². The van der Waals surface area contributed by atoms with Crippen LogP contribution >= 0.6 is 0 Å². The molecule has 1 aromatic rings. The van der Waals surface area contributed by atoms with Gasteiger partial charge in [0, 0.05) is 64.3 Å². The largest absolute Gasteiger partial charge is 0.480 e. The van der Waals surface area contributed by atoms with Crippen LogP contribution in [0.5, 0.6) is 0 Å². The van der Waals surface area contributed by atoms with E-state index in [1.807, 2.05) is 4.90 Å². The van der Waals surface area contributed by atoms with Gasteiger partial charge in [-0.1, -0.05) is 30.0 Å². The van der Waals surface area contributed by atoms with Gasteiger partial charge in [0.1, 0.15) is 6.04 Å². The number of carbonyl (C=O) groups is 6. The minimum atomic E-state index is -1.05. The number of hydrogen-bond donors (Lipinski definition) is 4. The van der Waals surface area contributed by atoms with Crippen molar-refractivity contribution >= 4 is 35.8 Å². The monoisotopic (exact) mass is 661 g/mol. The topological polar surface area (TPSA) is 207 Å². The third-order valence-corrected chi connectivity index (χ3v) is 7.20. The van der Waals surface area contributed by atoms with Gasteiger partial charge in [-0.3, -0.25) is 43.6 Å². The highest BCUT2D eigenvalue weighted by molar-refractivity contribution is 5.96. The Morgan fingerprint density at radius 1 is 0.745 bits per heavy atom. The Bertz CT molecular complexity index is 1240. The Hall–Kier alpha value is -4.56. The zero-order valence-corrected chi connectivity index (χ0v) is 26.5. The summed E-state index contributed by atoms with van der Waals surface area (Å²) in [5.41, 5.74) is 0.350. The van der Waals surface area contributed by atoms with E-state index in [0.717, 1.165) is 0 Å². The van der Waals surface area contributed by atoms with Gasteiger partial charge < -0.3 is 30.1 Å². The van der Waals surface area contributed by atoms with Crippen LogP contribution in [-0.2, 0) is 33.4 Å². The van der Waals surface area contributed by atoms with E-state index in [-0.39, 0.29) is 45.6 Å². The van der Waals surface area contributed by atoms with E-state index < -0.39 is 41.8 Å². The third-order valence-electron chi connectivity index (χ3n) is 7.20. The third kappa shape index (κ3) is 16.5. The molecule has 0 saturated carbocycles. The molecule has 1 heterocycles. The number of rotatable bonds is 14. The van der Waals surface area contributed by atoms with Crippen molar-refractivity contribution in [1.29, 1.82) is 0 Å². The lowest BCUT2D eigenvalue weighted by Gasteiger charge is -2.32. The number of carboxylic acid groups (broad SMARTS) is 3. The molecule has 4 N–H and O–H groups in total. The summed E-state index contributed by atoms with van der Waals surface area (Å²) in [4.78, 5) is 78.1. The second kappa shape index (κ2) is 21.3. The molecule has 0 aliphatic carbocycles. The van der Waals surface area contributed by atoms with E-state index in [4.69, 9.17) is 9.47 Å². The maximum atomic E-state index is 12.4. The van der Waals surface area contributed by atoms with E-state index in [1.165, 1.54) is 7.11 Å². The van der Waals surface area contributed by atoms with Crippen molar-refractivity contribution < 1.29 is 53.6 Å². The number of amides is 1. The highest BCUT2D eigenvalue weighted by Crippen LogP contribution is 2.06. The second-order valence-electron chi connectivity index (χ2n) is 10.8. The SMILES string of the molecule is COC(=O)C(CCC(=O)OCC#CCN1CCN(CC(=O)O)CCN(CC(=O)O)CCN(CC(=O)O)CC1)NC(=O)c1ccccc1. The molecule has 1 aromatic carbocycles. The molecule has 1 atom stereocenters. The Morgan fingerprint density at radius 3 is 1.66 bits per heavy atom. The molecule has 1 saturated heterocycles. The fourth-order valence-corrected chi connectivity index (χ4v) is 4.68. The van der Waals surface area contributed by atoms with Gasteiger partial charge >= 0.3 is 29.8 Å². The zero-order chi connectivity index (χ0) is 34.6. The summed E-state index contributed by atoms with van der Waals surface area (Å²) in [5, 5.41) is 30.5. The number of carbonyl (C=O) groups excluding carboxylic acids is 3. The lowest BCUT2D eigenvalue weighted by molar-refractivity contribution is -0.145.